The molecule has 0 aromatic carbocycles. The number of hydrazone groups is 1. The number of hydrogen-bond donors (Lipinski definition) is 1. The van der Waals surface area contributed by atoms with Gasteiger partial charge in [0.25, 0.3) is 0 Å². The molecular weight excluding hydrogens is 332 g/mol. The van der Waals surface area contributed by atoms with Crippen LogP contribution in [0.25, 0.3) is 5.82 Å². The standard InChI is InChI=1S/C18H18N6O2/c1-12-6-7-17(20-10-12)23-13(2)9-15(14(23)3)11-21-22-18-16(24(25)26)5-4-8-19-18/h4-11H,1-3H3,(H,19,22)/b21-11-. The van der Waals surface area contributed by atoms with Crippen LogP contribution < -0.4 is 5.43 Å². The molecule has 0 aliphatic carbocycles. The van der Waals surface area contributed by atoms with Crippen LogP contribution in [0.5, 0.6) is 0 Å². The third kappa shape index (κ3) is 3.44. The predicted molar refractivity (Wildman–Crippen MR) is 99.9 cm³/mol. The van der Waals surface area contributed by atoms with Gasteiger partial charge in [0.05, 0.1) is 11.1 Å². The molecule has 0 fully saturated rings. The summed E-state index contributed by atoms with van der Waals surface area (Å²) < 4.78 is 2.03. The molecule has 0 saturated heterocycles. The predicted octanol–water partition coefficient (Wildman–Crippen LogP) is 3.55. The SMILES string of the molecule is Cc1ccc(-n2c(C)cc(/C=N\Nc3ncccc3[N+](=O)[O-])c2C)nc1. The molecule has 0 amide bonds. The molecule has 3 rings (SSSR count). The van der Waals surface area contributed by atoms with Gasteiger partial charge in [-0.05, 0) is 44.5 Å². The molecule has 3 aromatic heterocycles. The van der Waals surface area contributed by atoms with E-state index < -0.39 is 4.92 Å². The molecule has 3 aromatic rings. The van der Waals surface area contributed by atoms with E-state index in [0.29, 0.717) is 0 Å². The summed E-state index contributed by atoms with van der Waals surface area (Å²) in [6.07, 6.45) is 4.91. The summed E-state index contributed by atoms with van der Waals surface area (Å²) in [5.74, 6) is 0.932. The summed E-state index contributed by atoms with van der Waals surface area (Å²) in [7, 11) is 0. The third-order valence-electron chi connectivity index (χ3n) is 3.95. The second kappa shape index (κ2) is 7.14. The molecule has 0 saturated carbocycles. The Balaban J connectivity index is 1.85. The van der Waals surface area contributed by atoms with Crippen molar-refractivity contribution in [2.24, 2.45) is 5.10 Å². The number of nitrogens with zero attached hydrogens (tertiary/aromatic N) is 5. The second-order valence-corrected chi connectivity index (χ2v) is 5.85. The summed E-state index contributed by atoms with van der Waals surface area (Å²) in [4.78, 5) is 18.9. The van der Waals surface area contributed by atoms with Crippen LogP contribution in [0.2, 0.25) is 0 Å². The van der Waals surface area contributed by atoms with E-state index >= 15 is 0 Å². The Hall–Kier alpha value is -3.55. The monoisotopic (exact) mass is 350 g/mol. The molecule has 132 valence electrons. The highest BCUT2D eigenvalue weighted by Gasteiger charge is 2.13. The fraction of sp³-hybridized carbons (Fsp3) is 0.167. The molecule has 3 heterocycles. The van der Waals surface area contributed by atoms with Crippen LogP contribution >= 0.6 is 0 Å². The zero-order valence-electron chi connectivity index (χ0n) is 14.7. The van der Waals surface area contributed by atoms with Gasteiger partial charge < -0.3 is 4.57 Å². The van der Waals surface area contributed by atoms with Crippen LogP contribution in [-0.4, -0.2) is 25.7 Å². The zero-order chi connectivity index (χ0) is 18.7. The second-order valence-electron chi connectivity index (χ2n) is 5.85. The van der Waals surface area contributed by atoms with Gasteiger partial charge >= 0.3 is 5.69 Å². The van der Waals surface area contributed by atoms with Crippen LogP contribution in [0.4, 0.5) is 11.5 Å². The van der Waals surface area contributed by atoms with Gasteiger partial charge in [0.2, 0.25) is 5.82 Å². The molecule has 1 N–H and O–H groups in total. The minimum absolute atomic E-state index is 0.0998. The fourth-order valence-corrected chi connectivity index (χ4v) is 2.66. The summed E-state index contributed by atoms with van der Waals surface area (Å²) >= 11 is 0. The number of anilines is 1. The number of aryl methyl sites for hydroxylation is 2. The first kappa shape index (κ1) is 17.3. The van der Waals surface area contributed by atoms with Crippen molar-refractivity contribution >= 4 is 17.7 Å². The van der Waals surface area contributed by atoms with Gasteiger partial charge in [0.15, 0.2) is 0 Å². The minimum Gasteiger partial charge on any atom is -0.303 e. The quantitative estimate of drug-likeness (QED) is 0.431. The van der Waals surface area contributed by atoms with E-state index in [4.69, 9.17) is 0 Å². The van der Waals surface area contributed by atoms with Crippen molar-refractivity contribution in [3.8, 4) is 5.82 Å². The van der Waals surface area contributed by atoms with Crippen molar-refractivity contribution in [3.63, 3.8) is 0 Å². The van der Waals surface area contributed by atoms with Crippen molar-refractivity contribution in [1.82, 2.24) is 14.5 Å². The first-order chi connectivity index (χ1) is 12.5. The fourth-order valence-electron chi connectivity index (χ4n) is 2.66. The molecule has 8 heteroatoms. The lowest BCUT2D eigenvalue weighted by Gasteiger charge is -2.08. The van der Waals surface area contributed by atoms with Gasteiger partial charge in [-0.1, -0.05) is 6.07 Å². The highest BCUT2D eigenvalue weighted by Crippen LogP contribution is 2.21. The maximum atomic E-state index is 11.0. The smallest absolute Gasteiger partial charge is 0.303 e. The molecule has 0 atom stereocenters. The normalized spacial score (nSPS) is 11.0. The van der Waals surface area contributed by atoms with Crippen molar-refractivity contribution < 1.29 is 4.92 Å². The number of nitro groups is 1. The van der Waals surface area contributed by atoms with E-state index in [-0.39, 0.29) is 11.5 Å². The van der Waals surface area contributed by atoms with Gasteiger partial charge in [0.1, 0.15) is 5.82 Å². The lowest BCUT2D eigenvalue weighted by atomic mass is 10.2. The molecule has 0 bridgehead atoms. The molecule has 0 unspecified atom stereocenters. The van der Waals surface area contributed by atoms with Crippen LogP contribution in [-0.2, 0) is 0 Å². The average Bonchev–Trinajstić information content (AvgIpc) is 2.90. The Bertz CT molecular complexity index is 976. The van der Waals surface area contributed by atoms with Gasteiger partial charge in [0, 0.05) is 35.4 Å². The number of hydrogen-bond acceptors (Lipinski definition) is 6. The lowest BCUT2D eigenvalue weighted by Crippen LogP contribution is -2.02. The van der Waals surface area contributed by atoms with E-state index in [1.54, 1.807) is 6.21 Å². The topological polar surface area (TPSA) is 98.2 Å². The first-order valence-corrected chi connectivity index (χ1v) is 7.98. The minimum atomic E-state index is -0.500. The zero-order valence-corrected chi connectivity index (χ0v) is 14.7. The Morgan fingerprint density at radius 3 is 2.73 bits per heavy atom. The summed E-state index contributed by atoms with van der Waals surface area (Å²) in [6, 6.07) is 8.84. The highest BCUT2D eigenvalue weighted by molar-refractivity contribution is 5.82. The van der Waals surface area contributed by atoms with E-state index in [0.717, 1.165) is 28.3 Å². The molecule has 0 radical (unpaired) electrons. The molecule has 0 spiro atoms. The Kier molecular flexibility index (Phi) is 4.74. The van der Waals surface area contributed by atoms with Gasteiger partial charge in [-0.2, -0.15) is 5.10 Å². The van der Waals surface area contributed by atoms with Gasteiger partial charge in [-0.3, -0.25) is 15.5 Å². The average molecular weight is 350 g/mol. The Morgan fingerprint density at radius 1 is 1.23 bits per heavy atom. The molecule has 26 heavy (non-hydrogen) atoms. The Morgan fingerprint density at radius 2 is 2.04 bits per heavy atom. The van der Waals surface area contributed by atoms with Crippen molar-refractivity contribution in [2.45, 2.75) is 20.8 Å². The maximum absolute atomic E-state index is 11.0. The number of nitrogens with one attached hydrogen (secondary N) is 1. The third-order valence-corrected chi connectivity index (χ3v) is 3.95. The molecule has 0 aliphatic heterocycles. The van der Waals surface area contributed by atoms with E-state index in [1.165, 1.54) is 18.3 Å². The van der Waals surface area contributed by atoms with Crippen molar-refractivity contribution in [3.05, 3.63) is 75.4 Å². The lowest BCUT2D eigenvalue weighted by molar-refractivity contribution is -0.384. The molecule has 8 nitrogen and oxygen atoms in total. The van der Waals surface area contributed by atoms with E-state index in [2.05, 4.69) is 20.5 Å². The first-order valence-electron chi connectivity index (χ1n) is 7.98. The number of rotatable bonds is 5. The molecule has 0 aliphatic rings. The van der Waals surface area contributed by atoms with Crippen LogP contribution in [0, 0.1) is 30.9 Å². The van der Waals surface area contributed by atoms with Gasteiger partial charge in [-0.25, -0.2) is 9.97 Å². The number of pyridine rings is 2. The molecular formula is C18H18N6O2. The van der Waals surface area contributed by atoms with Gasteiger partial charge in [-0.15, -0.1) is 0 Å². The van der Waals surface area contributed by atoms with Crippen LogP contribution in [0.3, 0.4) is 0 Å². The summed E-state index contributed by atoms with van der Waals surface area (Å²) in [5.41, 5.74) is 6.48. The highest BCUT2D eigenvalue weighted by atomic mass is 16.6. The summed E-state index contributed by atoms with van der Waals surface area (Å²) in [5, 5.41) is 15.1. The largest absolute Gasteiger partial charge is 0.313 e. The van der Waals surface area contributed by atoms with E-state index in [9.17, 15) is 10.1 Å². The Labute approximate surface area is 150 Å². The van der Waals surface area contributed by atoms with Crippen molar-refractivity contribution in [2.75, 3.05) is 5.43 Å². The van der Waals surface area contributed by atoms with Crippen LogP contribution in [0.15, 0.2) is 47.8 Å². The van der Waals surface area contributed by atoms with Crippen molar-refractivity contribution in [1.29, 1.82) is 0 Å². The summed E-state index contributed by atoms with van der Waals surface area (Å²) in [6.45, 7) is 5.95. The van der Waals surface area contributed by atoms with E-state index in [1.807, 2.05) is 49.7 Å². The number of aromatic nitrogens is 3. The maximum Gasteiger partial charge on any atom is 0.313 e. The van der Waals surface area contributed by atoms with Crippen LogP contribution in [0.1, 0.15) is 22.5 Å².